The lowest BCUT2D eigenvalue weighted by Gasteiger charge is -2.01. The van der Waals surface area contributed by atoms with E-state index >= 15 is 0 Å². The molecule has 17 heavy (non-hydrogen) atoms. The molecule has 2 aromatic rings. The molecule has 1 heterocycles. The second kappa shape index (κ2) is 3.44. The van der Waals surface area contributed by atoms with E-state index in [2.05, 4.69) is 9.71 Å². The Morgan fingerprint density at radius 1 is 1.41 bits per heavy atom. The SMILES string of the molecule is NS(=O)(=O)Nc1ccc2oc(C3CC3)nc2c1. The van der Waals surface area contributed by atoms with Crippen molar-refractivity contribution in [2.75, 3.05) is 4.72 Å². The maximum Gasteiger partial charge on any atom is 0.296 e. The van der Waals surface area contributed by atoms with Crippen molar-refractivity contribution < 1.29 is 12.8 Å². The van der Waals surface area contributed by atoms with Crippen LogP contribution in [-0.4, -0.2) is 13.4 Å². The Hall–Kier alpha value is -1.60. The summed E-state index contributed by atoms with van der Waals surface area (Å²) < 4.78 is 29.5. The van der Waals surface area contributed by atoms with Gasteiger partial charge in [-0.25, -0.2) is 10.1 Å². The van der Waals surface area contributed by atoms with E-state index in [-0.39, 0.29) is 0 Å². The van der Waals surface area contributed by atoms with Gasteiger partial charge in [0.25, 0.3) is 10.2 Å². The first-order chi connectivity index (χ1) is 8.01. The number of benzene rings is 1. The van der Waals surface area contributed by atoms with Crippen molar-refractivity contribution in [2.45, 2.75) is 18.8 Å². The fraction of sp³-hybridized carbons (Fsp3) is 0.300. The Morgan fingerprint density at radius 3 is 2.82 bits per heavy atom. The van der Waals surface area contributed by atoms with Crippen LogP contribution in [-0.2, 0) is 10.2 Å². The predicted molar refractivity (Wildman–Crippen MR) is 62.7 cm³/mol. The number of fused-ring (bicyclic) bond motifs is 1. The number of aromatic nitrogens is 1. The zero-order chi connectivity index (χ0) is 12.0. The predicted octanol–water partition coefficient (Wildman–Crippen LogP) is 1.32. The van der Waals surface area contributed by atoms with Crippen LogP contribution in [0.3, 0.4) is 0 Å². The lowest BCUT2D eigenvalue weighted by molar-refractivity contribution is 0.533. The Kier molecular flexibility index (Phi) is 2.14. The smallest absolute Gasteiger partial charge is 0.296 e. The minimum Gasteiger partial charge on any atom is -0.440 e. The highest BCUT2D eigenvalue weighted by atomic mass is 32.2. The molecule has 1 saturated carbocycles. The van der Waals surface area contributed by atoms with Crippen LogP contribution < -0.4 is 9.86 Å². The molecular weight excluding hydrogens is 242 g/mol. The Balaban J connectivity index is 2.00. The highest BCUT2D eigenvalue weighted by Gasteiger charge is 2.28. The van der Waals surface area contributed by atoms with E-state index in [1.54, 1.807) is 18.2 Å². The van der Waals surface area contributed by atoms with Gasteiger partial charge in [-0.15, -0.1) is 0 Å². The molecule has 6 nitrogen and oxygen atoms in total. The zero-order valence-electron chi connectivity index (χ0n) is 8.88. The average molecular weight is 253 g/mol. The Labute approximate surface area is 98.0 Å². The summed E-state index contributed by atoms with van der Waals surface area (Å²) in [6.07, 6.45) is 2.21. The fourth-order valence-corrected chi connectivity index (χ4v) is 2.13. The van der Waals surface area contributed by atoms with Crippen LogP contribution in [0.25, 0.3) is 11.1 Å². The largest absolute Gasteiger partial charge is 0.440 e. The topological polar surface area (TPSA) is 98.2 Å². The average Bonchev–Trinajstić information content (AvgIpc) is 2.96. The van der Waals surface area contributed by atoms with Gasteiger partial charge in [0.2, 0.25) is 0 Å². The van der Waals surface area contributed by atoms with E-state index in [1.165, 1.54) is 0 Å². The lowest BCUT2D eigenvalue weighted by Crippen LogP contribution is -2.21. The molecule has 0 spiro atoms. The molecule has 0 saturated heterocycles. The molecule has 3 N–H and O–H groups in total. The van der Waals surface area contributed by atoms with Crippen molar-refractivity contribution in [3.63, 3.8) is 0 Å². The maximum absolute atomic E-state index is 10.9. The monoisotopic (exact) mass is 253 g/mol. The first-order valence-corrected chi connectivity index (χ1v) is 6.77. The highest BCUT2D eigenvalue weighted by molar-refractivity contribution is 7.90. The van der Waals surface area contributed by atoms with E-state index < -0.39 is 10.2 Å². The molecule has 3 rings (SSSR count). The van der Waals surface area contributed by atoms with Crippen LogP contribution in [0.1, 0.15) is 24.7 Å². The third-order valence-corrected chi connectivity index (χ3v) is 3.11. The first kappa shape index (κ1) is 10.5. The summed E-state index contributed by atoms with van der Waals surface area (Å²) in [6, 6.07) is 4.88. The van der Waals surface area contributed by atoms with E-state index in [0.29, 0.717) is 22.7 Å². The zero-order valence-corrected chi connectivity index (χ0v) is 9.70. The normalized spacial score (nSPS) is 16.3. The molecule has 0 unspecified atom stereocenters. The molecule has 7 heteroatoms. The van der Waals surface area contributed by atoms with Crippen molar-refractivity contribution in [1.29, 1.82) is 0 Å². The fourth-order valence-electron chi connectivity index (χ4n) is 1.68. The third-order valence-electron chi connectivity index (χ3n) is 2.59. The summed E-state index contributed by atoms with van der Waals surface area (Å²) in [7, 11) is -3.75. The minimum absolute atomic E-state index is 0.385. The van der Waals surface area contributed by atoms with Crippen LogP contribution in [0.5, 0.6) is 0 Å². The summed E-state index contributed by atoms with van der Waals surface area (Å²) in [6.45, 7) is 0. The van der Waals surface area contributed by atoms with Gasteiger partial charge in [0.1, 0.15) is 5.52 Å². The van der Waals surface area contributed by atoms with Crippen LogP contribution in [0.15, 0.2) is 22.6 Å². The quantitative estimate of drug-likeness (QED) is 0.861. The molecule has 0 bridgehead atoms. The van der Waals surface area contributed by atoms with Gasteiger partial charge in [0.05, 0.1) is 5.69 Å². The van der Waals surface area contributed by atoms with Gasteiger partial charge in [0.15, 0.2) is 11.5 Å². The van der Waals surface area contributed by atoms with Crippen LogP contribution in [0.2, 0.25) is 0 Å². The van der Waals surface area contributed by atoms with Gasteiger partial charge in [-0.1, -0.05) is 0 Å². The van der Waals surface area contributed by atoms with Crippen LogP contribution >= 0.6 is 0 Å². The van der Waals surface area contributed by atoms with Crippen molar-refractivity contribution in [3.05, 3.63) is 24.1 Å². The number of nitrogens with one attached hydrogen (secondary N) is 1. The number of nitrogens with zero attached hydrogens (tertiary/aromatic N) is 1. The second-order valence-electron chi connectivity index (χ2n) is 4.16. The Morgan fingerprint density at radius 2 is 2.18 bits per heavy atom. The number of hydrogen-bond donors (Lipinski definition) is 2. The summed E-state index contributed by atoms with van der Waals surface area (Å²) >= 11 is 0. The molecular formula is C10H11N3O3S. The first-order valence-electron chi connectivity index (χ1n) is 5.22. The number of nitrogens with two attached hydrogens (primary N) is 1. The maximum atomic E-state index is 10.9. The molecule has 1 aliphatic carbocycles. The number of oxazole rings is 1. The second-order valence-corrected chi connectivity index (χ2v) is 5.45. The van der Waals surface area contributed by atoms with Gasteiger partial charge >= 0.3 is 0 Å². The summed E-state index contributed by atoms with van der Waals surface area (Å²) in [5.74, 6) is 1.16. The van der Waals surface area contributed by atoms with Crippen molar-refractivity contribution >= 4 is 27.0 Å². The molecule has 0 radical (unpaired) electrons. The van der Waals surface area contributed by atoms with Crippen LogP contribution in [0.4, 0.5) is 5.69 Å². The molecule has 1 aromatic heterocycles. The molecule has 90 valence electrons. The van der Waals surface area contributed by atoms with Gasteiger partial charge in [-0.2, -0.15) is 8.42 Å². The molecule has 0 amide bonds. The van der Waals surface area contributed by atoms with Gasteiger partial charge in [0, 0.05) is 5.92 Å². The van der Waals surface area contributed by atoms with E-state index in [0.717, 1.165) is 18.7 Å². The van der Waals surface area contributed by atoms with E-state index in [9.17, 15) is 8.42 Å². The van der Waals surface area contributed by atoms with Crippen LogP contribution in [0, 0.1) is 0 Å². The molecule has 0 aliphatic heterocycles. The third kappa shape index (κ3) is 2.25. The molecule has 1 aliphatic rings. The lowest BCUT2D eigenvalue weighted by atomic mass is 10.3. The van der Waals surface area contributed by atoms with E-state index in [1.807, 2.05) is 0 Å². The summed E-state index contributed by atoms with van der Waals surface area (Å²) in [4.78, 5) is 4.32. The highest BCUT2D eigenvalue weighted by Crippen LogP contribution is 2.40. The molecule has 1 aromatic carbocycles. The number of anilines is 1. The summed E-state index contributed by atoms with van der Waals surface area (Å²) in [5.41, 5.74) is 1.68. The van der Waals surface area contributed by atoms with Gasteiger partial charge < -0.3 is 4.42 Å². The van der Waals surface area contributed by atoms with Gasteiger partial charge in [-0.3, -0.25) is 4.72 Å². The molecule has 1 fully saturated rings. The van der Waals surface area contributed by atoms with Gasteiger partial charge in [-0.05, 0) is 31.0 Å². The molecule has 0 atom stereocenters. The number of rotatable bonds is 3. The van der Waals surface area contributed by atoms with Crippen molar-refractivity contribution in [2.24, 2.45) is 5.14 Å². The van der Waals surface area contributed by atoms with Crippen molar-refractivity contribution in [1.82, 2.24) is 4.98 Å². The summed E-state index contributed by atoms with van der Waals surface area (Å²) in [5, 5.41) is 4.89. The standard InChI is InChI=1S/C10H11N3O3S/c11-17(14,15)13-7-3-4-9-8(5-7)12-10(16-9)6-1-2-6/h3-6,13H,1-2H2,(H2,11,14,15). The number of hydrogen-bond acceptors (Lipinski definition) is 4. The van der Waals surface area contributed by atoms with E-state index in [4.69, 9.17) is 9.56 Å². The van der Waals surface area contributed by atoms with Crippen molar-refractivity contribution in [3.8, 4) is 0 Å². The minimum atomic E-state index is -3.75. The Bertz CT molecular complexity index is 673.